The zero-order valence-corrected chi connectivity index (χ0v) is 24.4. The van der Waals surface area contributed by atoms with Crippen molar-refractivity contribution in [2.75, 3.05) is 17.4 Å². The Morgan fingerprint density at radius 1 is 0.900 bits per heavy atom. The fourth-order valence-electron chi connectivity index (χ4n) is 4.74. The second-order valence-electron chi connectivity index (χ2n) is 9.60. The predicted molar refractivity (Wildman–Crippen MR) is 152 cm³/mol. The zero-order valence-electron chi connectivity index (χ0n) is 22.8. The second-order valence-corrected chi connectivity index (χ2v) is 11.9. The van der Waals surface area contributed by atoms with Crippen molar-refractivity contribution in [1.82, 2.24) is 4.90 Å². The maximum Gasteiger partial charge on any atom is 0.264 e. The molecule has 0 saturated heterocycles. The Hall–Kier alpha value is -3.04. The molecule has 0 bridgehead atoms. The molecule has 3 aromatic rings. The minimum atomic E-state index is -4.43. The molecule has 0 saturated carbocycles. The highest BCUT2D eigenvalue weighted by molar-refractivity contribution is 7.92. The van der Waals surface area contributed by atoms with E-state index in [1.54, 1.807) is 0 Å². The molecule has 10 heteroatoms. The van der Waals surface area contributed by atoms with Gasteiger partial charge in [-0.3, -0.25) is 9.10 Å². The van der Waals surface area contributed by atoms with E-state index in [0.717, 1.165) is 35.3 Å². The van der Waals surface area contributed by atoms with Crippen LogP contribution in [0.4, 0.5) is 18.9 Å². The third kappa shape index (κ3) is 7.57. The molecule has 0 aliphatic rings. The van der Waals surface area contributed by atoms with Gasteiger partial charge in [0.2, 0.25) is 5.91 Å². The molecular weight excluding hydrogens is 561 g/mol. The number of sulfonamides is 1. The number of halogens is 4. The molecular formula is C30H34ClF3N2O3S. The molecule has 1 unspecified atom stereocenters. The van der Waals surface area contributed by atoms with Crippen LogP contribution in [0.15, 0.2) is 65.6 Å². The van der Waals surface area contributed by atoms with Gasteiger partial charge >= 0.3 is 0 Å². The van der Waals surface area contributed by atoms with E-state index in [4.69, 9.17) is 11.6 Å². The van der Waals surface area contributed by atoms with E-state index in [1.807, 2.05) is 18.7 Å². The molecule has 216 valence electrons. The smallest absolute Gasteiger partial charge is 0.264 e. The number of anilines is 1. The summed E-state index contributed by atoms with van der Waals surface area (Å²) < 4.78 is 72.3. The first-order valence-electron chi connectivity index (χ1n) is 13.3. The highest BCUT2D eigenvalue weighted by Crippen LogP contribution is 2.37. The molecule has 0 radical (unpaired) electrons. The monoisotopic (exact) mass is 594 g/mol. The number of amides is 1. The third-order valence-corrected chi connectivity index (χ3v) is 8.75. The molecule has 0 spiro atoms. The van der Waals surface area contributed by atoms with Crippen molar-refractivity contribution in [2.45, 2.75) is 63.8 Å². The average Bonchev–Trinajstić information content (AvgIpc) is 2.90. The summed E-state index contributed by atoms with van der Waals surface area (Å²) in [7, 11) is -4.43. The van der Waals surface area contributed by atoms with E-state index in [1.165, 1.54) is 49.4 Å². The number of aryl methyl sites for hydroxylation is 1. The molecule has 0 heterocycles. The van der Waals surface area contributed by atoms with Gasteiger partial charge in [0.1, 0.15) is 17.5 Å². The zero-order chi connectivity index (χ0) is 29.4. The van der Waals surface area contributed by atoms with Gasteiger partial charge in [-0.15, -0.1) is 0 Å². The lowest BCUT2D eigenvalue weighted by Gasteiger charge is -2.32. The molecule has 3 aromatic carbocycles. The fraction of sp³-hybridized carbons (Fsp3) is 0.367. The Kier molecular flexibility index (Phi) is 11.0. The quantitative estimate of drug-likeness (QED) is 0.204. The minimum Gasteiger partial charge on any atom is -0.343 e. The predicted octanol–water partition coefficient (Wildman–Crippen LogP) is 7.69. The van der Waals surface area contributed by atoms with Crippen molar-refractivity contribution in [1.29, 1.82) is 0 Å². The van der Waals surface area contributed by atoms with Crippen molar-refractivity contribution in [3.8, 4) is 0 Å². The Bertz CT molecular complexity index is 1410. The molecule has 0 aromatic heterocycles. The van der Waals surface area contributed by atoms with Crippen LogP contribution < -0.4 is 4.31 Å². The number of nitrogens with zero attached hydrogens (tertiary/aromatic N) is 2. The van der Waals surface area contributed by atoms with Crippen LogP contribution in [0.2, 0.25) is 5.02 Å². The lowest BCUT2D eigenvalue weighted by molar-refractivity contribution is -0.131. The van der Waals surface area contributed by atoms with Gasteiger partial charge in [0.05, 0.1) is 16.6 Å². The summed E-state index contributed by atoms with van der Waals surface area (Å²) in [5.41, 5.74) is 0.405. The van der Waals surface area contributed by atoms with Crippen LogP contribution in [-0.2, 0) is 21.2 Å². The van der Waals surface area contributed by atoms with Crippen molar-refractivity contribution in [3.63, 3.8) is 0 Å². The van der Waals surface area contributed by atoms with Gasteiger partial charge in [-0.2, -0.15) is 0 Å². The van der Waals surface area contributed by atoms with E-state index in [0.29, 0.717) is 35.7 Å². The van der Waals surface area contributed by atoms with Gasteiger partial charge in [-0.25, -0.2) is 21.6 Å². The van der Waals surface area contributed by atoms with Crippen LogP contribution in [0.25, 0.3) is 0 Å². The minimum absolute atomic E-state index is 0.00322. The van der Waals surface area contributed by atoms with Gasteiger partial charge in [0.15, 0.2) is 0 Å². The van der Waals surface area contributed by atoms with Gasteiger partial charge in [-0.1, -0.05) is 31.5 Å². The number of carbonyl (C=O) groups is 1. The van der Waals surface area contributed by atoms with E-state index >= 15 is 4.39 Å². The molecule has 1 atom stereocenters. The summed E-state index contributed by atoms with van der Waals surface area (Å²) in [5.74, 6) is -2.28. The van der Waals surface area contributed by atoms with Crippen molar-refractivity contribution < 1.29 is 26.4 Å². The largest absolute Gasteiger partial charge is 0.343 e. The summed E-state index contributed by atoms with van der Waals surface area (Å²) in [6.45, 7) is 6.85. The van der Waals surface area contributed by atoms with Crippen LogP contribution in [0.1, 0.15) is 63.6 Å². The maximum atomic E-state index is 15.1. The number of rotatable bonds is 13. The normalized spacial score (nSPS) is 12.3. The maximum absolute atomic E-state index is 15.1. The lowest BCUT2D eigenvalue weighted by Crippen LogP contribution is -2.35. The summed E-state index contributed by atoms with van der Waals surface area (Å²) >= 11 is 5.94. The Labute approximate surface area is 239 Å². The summed E-state index contributed by atoms with van der Waals surface area (Å²) in [6.07, 6.45) is 2.62. The van der Waals surface area contributed by atoms with Crippen molar-refractivity contribution in [2.24, 2.45) is 0 Å². The number of carbonyl (C=O) groups excluding carboxylic acids is 1. The molecule has 0 N–H and O–H groups in total. The van der Waals surface area contributed by atoms with Gasteiger partial charge < -0.3 is 4.90 Å². The first-order valence-corrected chi connectivity index (χ1v) is 15.1. The topological polar surface area (TPSA) is 57.7 Å². The molecule has 0 aliphatic heterocycles. The number of hydrogen-bond acceptors (Lipinski definition) is 3. The molecule has 40 heavy (non-hydrogen) atoms. The average molecular weight is 595 g/mol. The van der Waals surface area contributed by atoms with Crippen LogP contribution >= 0.6 is 11.6 Å². The van der Waals surface area contributed by atoms with Gasteiger partial charge in [-0.05, 0) is 92.3 Å². The van der Waals surface area contributed by atoms with E-state index < -0.39 is 39.2 Å². The summed E-state index contributed by atoms with van der Waals surface area (Å²) in [5, 5.41) is 0.308. The molecule has 3 rings (SSSR count). The van der Waals surface area contributed by atoms with E-state index in [9.17, 15) is 22.0 Å². The van der Waals surface area contributed by atoms with Crippen LogP contribution in [0, 0.1) is 17.5 Å². The van der Waals surface area contributed by atoms with Crippen LogP contribution in [-0.4, -0.2) is 32.3 Å². The molecule has 0 fully saturated rings. The highest BCUT2D eigenvalue weighted by Gasteiger charge is 2.33. The molecule has 5 nitrogen and oxygen atoms in total. The van der Waals surface area contributed by atoms with Gasteiger partial charge in [0, 0.05) is 30.6 Å². The van der Waals surface area contributed by atoms with Gasteiger partial charge in [0.25, 0.3) is 10.0 Å². The van der Waals surface area contributed by atoms with Crippen molar-refractivity contribution in [3.05, 3.63) is 94.3 Å². The molecule has 1 amide bonds. The van der Waals surface area contributed by atoms with Crippen LogP contribution in [0.3, 0.4) is 0 Å². The Morgan fingerprint density at radius 3 is 2.12 bits per heavy atom. The summed E-state index contributed by atoms with van der Waals surface area (Å²) in [6, 6.07) is 10.8. The first kappa shape index (κ1) is 31.5. The van der Waals surface area contributed by atoms with E-state index in [-0.39, 0.29) is 23.6 Å². The summed E-state index contributed by atoms with van der Waals surface area (Å²) in [4.78, 5) is 14.4. The first-order chi connectivity index (χ1) is 19.0. The SMILES string of the molecule is CCCN(CCC)C(=O)CCCc1cc(F)ccc1C(C)N(c1cc(F)ccc1F)S(=O)(=O)c1ccc(Cl)cc1. The van der Waals surface area contributed by atoms with Crippen molar-refractivity contribution >= 4 is 33.2 Å². The Balaban J connectivity index is 2.01. The third-order valence-electron chi connectivity index (χ3n) is 6.60. The molecule has 0 aliphatic carbocycles. The number of benzene rings is 3. The standard InChI is InChI=1S/C30H34ClF3N2O3S/c1-4-17-35(18-5-2)30(37)8-6-7-22-19-24(32)11-15-27(22)21(3)36(29-20-25(33)12-16-28(29)34)40(38,39)26-13-9-23(31)10-14-26/h9-16,19-21H,4-8,17-18H2,1-3H3. The highest BCUT2D eigenvalue weighted by atomic mass is 35.5. The second kappa shape index (κ2) is 14.0. The van der Waals surface area contributed by atoms with Crippen LogP contribution in [0.5, 0.6) is 0 Å². The Morgan fingerprint density at radius 2 is 1.50 bits per heavy atom. The van der Waals surface area contributed by atoms with E-state index in [2.05, 4.69) is 0 Å². The fourth-order valence-corrected chi connectivity index (χ4v) is 6.50. The lowest BCUT2D eigenvalue weighted by atomic mass is 9.96. The number of hydrogen-bond donors (Lipinski definition) is 0.